The summed E-state index contributed by atoms with van der Waals surface area (Å²) in [4.78, 5) is 16.5. The minimum absolute atomic E-state index is 0.210. The quantitative estimate of drug-likeness (QED) is 0.717. The van der Waals surface area contributed by atoms with E-state index in [4.69, 9.17) is 27.9 Å². The lowest BCUT2D eigenvalue weighted by molar-refractivity contribution is -0.147. The minimum Gasteiger partial charge on any atom is -0.464 e. The van der Waals surface area contributed by atoms with Crippen LogP contribution in [0.15, 0.2) is 36.9 Å². The second-order valence-corrected chi connectivity index (χ2v) is 6.35. The molecule has 1 aromatic heterocycles. The van der Waals surface area contributed by atoms with Crippen molar-refractivity contribution in [3.8, 4) is 0 Å². The van der Waals surface area contributed by atoms with Crippen molar-refractivity contribution in [2.24, 2.45) is 0 Å². The first-order chi connectivity index (χ1) is 10.6. The lowest BCUT2D eigenvalue weighted by atomic mass is 10.0. The standard InChI is InChI=1S/C15H16Cl2N2O2S/c1-3-21-15(20)13(19-7-6-18-9-19)14(22-2)11-5-4-10(16)8-12(11)17/h4-9,13-14H,3H2,1-2H3. The normalized spacial score (nSPS) is 13.6. The second-order valence-electron chi connectivity index (χ2n) is 4.53. The fraction of sp³-hybridized carbons (Fsp3) is 0.333. The SMILES string of the molecule is CCOC(=O)C(C(SC)c1ccc(Cl)cc1Cl)n1ccnc1. The molecular weight excluding hydrogens is 343 g/mol. The van der Waals surface area contributed by atoms with E-state index in [2.05, 4.69) is 4.98 Å². The van der Waals surface area contributed by atoms with Crippen LogP contribution in [0.3, 0.4) is 0 Å². The molecule has 0 saturated heterocycles. The number of carbonyl (C=O) groups excluding carboxylic acids is 1. The Morgan fingerprint density at radius 3 is 2.77 bits per heavy atom. The van der Waals surface area contributed by atoms with E-state index in [0.29, 0.717) is 16.7 Å². The van der Waals surface area contributed by atoms with Crippen LogP contribution in [0.1, 0.15) is 23.8 Å². The Kier molecular flexibility index (Phi) is 6.17. The zero-order chi connectivity index (χ0) is 16.1. The number of carbonyl (C=O) groups is 1. The van der Waals surface area contributed by atoms with Crippen molar-refractivity contribution in [3.05, 3.63) is 52.5 Å². The maximum Gasteiger partial charge on any atom is 0.330 e. The molecule has 22 heavy (non-hydrogen) atoms. The van der Waals surface area contributed by atoms with Gasteiger partial charge in [0.2, 0.25) is 0 Å². The first kappa shape index (κ1) is 17.2. The van der Waals surface area contributed by atoms with Gasteiger partial charge < -0.3 is 9.30 Å². The van der Waals surface area contributed by atoms with E-state index in [-0.39, 0.29) is 11.2 Å². The number of hydrogen-bond acceptors (Lipinski definition) is 4. The number of imidazole rings is 1. The number of aromatic nitrogens is 2. The summed E-state index contributed by atoms with van der Waals surface area (Å²) < 4.78 is 6.97. The average Bonchev–Trinajstić information content (AvgIpc) is 2.99. The Labute approximate surface area is 143 Å². The summed E-state index contributed by atoms with van der Waals surface area (Å²) in [5, 5.41) is 0.878. The molecule has 118 valence electrons. The first-order valence-electron chi connectivity index (χ1n) is 6.70. The molecule has 1 aromatic carbocycles. The van der Waals surface area contributed by atoms with E-state index in [1.807, 2.05) is 12.3 Å². The van der Waals surface area contributed by atoms with Crippen molar-refractivity contribution in [2.45, 2.75) is 18.2 Å². The Morgan fingerprint density at radius 1 is 1.45 bits per heavy atom. The number of hydrogen-bond donors (Lipinski definition) is 0. The predicted molar refractivity (Wildman–Crippen MR) is 90.6 cm³/mol. The van der Waals surface area contributed by atoms with Crippen LogP contribution >= 0.6 is 35.0 Å². The van der Waals surface area contributed by atoms with Crippen molar-refractivity contribution in [1.82, 2.24) is 9.55 Å². The number of esters is 1. The van der Waals surface area contributed by atoms with Gasteiger partial charge in [-0.15, -0.1) is 0 Å². The molecule has 0 bridgehead atoms. The van der Waals surface area contributed by atoms with E-state index in [1.54, 1.807) is 42.3 Å². The topological polar surface area (TPSA) is 44.1 Å². The van der Waals surface area contributed by atoms with Gasteiger partial charge in [-0.1, -0.05) is 29.3 Å². The summed E-state index contributed by atoms with van der Waals surface area (Å²) in [5.41, 5.74) is 0.838. The van der Waals surface area contributed by atoms with Crippen LogP contribution in [0.4, 0.5) is 0 Å². The lowest BCUT2D eigenvalue weighted by Crippen LogP contribution is -2.26. The zero-order valence-electron chi connectivity index (χ0n) is 12.2. The molecule has 4 nitrogen and oxygen atoms in total. The van der Waals surface area contributed by atoms with Crippen molar-refractivity contribution >= 4 is 40.9 Å². The van der Waals surface area contributed by atoms with Gasteiger partial charge in [0.25, 0.3) is 0 Å². The molecule has 1 heterocycles. The van der Waals surface area contributed by atoms with Crippen LogP contribution in [0, 0.1) is 0 Å². The fourth-order valence-electron chi connectivity index (χ4n) is 2.22. The molecule has 0 aliphatic carbocycles. The van der Waals surface area contributed by atoms with Crippen LogP contribution < -0.4 is 0 Å². The summed E-state index contributed by atoms with van der Waals surface area (Å²) in [6, 6.07) is 4.74. The predicted octanol–water partition coefficient (Wildman–Crippen LogP) is 4.40. The molecular formula is C15H16Cl2N2O2S. The summed E-state index contributed by atoms with van der Waals surface area (Å²) in [6.07, 6.45) is 6.91. The summed E-state index contributed by atoms with van der Waals surface area (Å²) in [5.74, 6) is -0.314. The van der Waals surface area contributed by atoms with Crippen molar-refractivity contribution < 1.29 is 9.53 Å². The third-order valence-electron chi connectivity index (χ3n) is 3.18. The highest BCUT2D eigenvalue weighted by Crippen LogP contribution is 2.41. The fourth-order valence-corrected chi connectivity index (χ4v) is 3.78. The van der Waals surface area contributed by atoms with Crippen molar-refractivity contribution in [2.75, 3.05) is 12.9 Å². The van der Waals surface area contributed by atoms with Gasteiger partial charge in [-0.3, -0.25) is 0 Å². The highest BCUT2D eigenvalue weighted by atomic mass is 35.5. The first-order valence-corrected chi connectivity index (χ1v) is 8.74. The van der Waals surface area contributed by atoms with Crippen LogP contribution in [0.5, 0.6) is 0 Å². The molecule has 7 heteroatoms. The van der Waals surface area contributed by atoms with E-state index in [1.165, 1.54) is 11.8 Å². The summed E-state index contributed by atoms with van der Waals surface area (Å²) >= 11 is 13.8. The Morgan fingerprint density at radius 2 is 2.23 bits per heavy atom. The molecule has 0 radical (unpaired) electrons. The third-order valence-corrected chi connectivity index (χ3v) is 4.77. The van der Waals surface area contributed by atoms with Gasteiger partial charge in [0, 0.05) is 22.4 Å². The molecule has 0 aliphatic rings. The number of benzene rings is 1. The van der Waals surface area contributed by atoms with Crippen LogP contribution in [0.2, 0.25) is 10.0 Å². The van der Waals surface area contributed by atoms with E-state index in [9.17, 15) is 4.79 Å². The minimum atomic E-state index is -0.545. The van der Waals surface area contributed by atoms with Gasteiger partial charge in [0.05, 0.1) is 18.2 Å². The highest BCUT2D eigenvalue weighted by molar-refractivity contribution is 7.98. The number of ether oxygens (including phenoxy) is 1. The molecule has 0 aliphatic heterocycles. The maximum atomic E-state index is 12.4. The Balaban J connectivity index is 2.45. The van der Waals surface area contributed by atoms with E-state index < -0.39 is 6.04 Å². The van der Waals surface area contributed by atoms with Crippen molar-refractivity contribution in [3.63, 3.8) is 0 Å². The van der Waals surface area contributed by atoms with E-state index >= 15 is 0 Å². The molecule has 0 saturated carbocycles. The molecule has 0 spiro atoms. The second kappa shape index (κ2) is 7.90. The Bertz CT molecular complexity index is 634. The average molecular weight is 359 g/mol. The molecule has 0 N–H and O–H groups in total. The molecule has 0 fully saturated rings. The summed E-state index contributed by atoms with van der Waals surface area (Å²) in [6.45, 7) is 2.10. The Hall–Kier alpha value is -1.17. The summed E-state index contributed by atoms with van der Waals surface area (Å²) in [7, 11) is 0. The van der Waals surface area contributed by atoms with Crippen LogP contribution in [0.25, 0.3) is 0 Å². The smallest absolute Gasteiger partial charge is 0.330 e. The lowest BCUT2D eigenvalue weighted by Gasteiger charge is -2.26. The van der Waals surface area contributed by atoms with Gasteiger partial charge in [-0.05, 0) is 30.9 Å². The molecule has 2 atom stereocenters. The number of thioether (sulfide) groups is 1. The van der Waals surface area contributed by atoms with Gasteiger partial charge in [-0.25, -0.2) is 9.78 Å². The number of halogens is 2. The van der Waals surface area contributed by atoms with Gasteiger partial charge in [-0.2, -0.15) is 11.8 Å². The molecule has 2 aromatic rings. The molecule has 2 unspecified atom stereocenters. The van der Waals surface area contributed by atoms with Crippen LogP contribution in [-0.4, -0.2) is 28.4 Å². The highest BCUT2D eigenvalue weighted by Gasteiger charge is 2.33. The number of nitrogens with zero attached hydrogens (tertiary/aromatic N) is 2. The maximum absolute atomic E-state index is 12.4. The largest absolute Gasteiger partial charge is 0.464 e. The van der Waals surface area contributed by atoms with Gasteiger partial charge in [0.1, 0.15) is 6.04 Å². The zero-order valence-corrected chi connectivity index (χ0v) is 14.5. The monoisotopic (exact) mass is 358 g/mol. The van der Waals surface area contributed by atoms with E-state index in [0.717, 1.165) is 5.56 Å². The molecule has 0 amide bonds. The number of rotatable bonds is 6. The van der Waals surface area contributed by atoms with Gasteiger partial charge in [0.15, 0.2) is 0 Å². The third kappa shape index (κ3) is 3.77. The van der Waals surface area contributed by atoms with Crippen molar-refractivity contribution in [1.29, 1.82) is 0 Å². The molecule has 2 rings (SSSR count). The van der Waals surface area contributed by atoms with Gasteiger partial charge >= 0.3 is 5.97 Å². The van der Waals surface area contributed by atoms with Crippen LogP contribution in [-0.2, 0) is 9.53 Å².